The van der Waals surface area contributed by atoms with Crippen LogP contribution >= 0.6 is 34.8 Å². The standard InChI is InChI=1S/C13H22ClNO3.C10H20N2O2.C7H12N2O.C2H2Cl2O.4CH4/c1-13(2,3)18-12(17)15-8-4-5-10(15)6-7-11(16)9-14;1-10(2,3)14-9(13)12-6-4-5-8(12)7-11;10-7-5-9-3-1-2-6(9)4-8-7;3-1-2(4)5;;;;/h10H,4-9H2,1-3H3;8H,4-7,11H2,1-3H3;6H,1-5H2,(H,8,10);1H2;4*1H4/t10-;8-;6-;;;;;/m111...../s1. The molecule has 0 aromatic rings. The van der Waals surface area contributed by atoms with Crippen molar-refractivity contribution in [1.29, 1.82) is 0 Å². The Kier molecular flexibility index (Phi) is 30.4. The molecule has 3 amide bonds. The second kappa shape index (κ2) is 27.7. The Hall–Kier alpha value is -1.86. The Morgan fingerprint density at radius 2 is 1.24 bits per heavy atom. The first-order valence-electron chi connectivity index (χ1n) is 16.4. The molecule has 0 unspecified atom stereocenters. The van der Waals surface area contributed by atoms with Crippen LogP contribution in [-0.2, 0) is 23.9 Å². The third kappa shape index (κ3) is 23.4. The summed E-state index contributed by atoms with van der Waals surface area (Å²) in [6.45, 7) is 15.8. The van der Waals surface area contributed by atoms with Gasteiger partial charge in [0.15, 0.2) is 0 Å². The van der Waals surface area contributed by atoms with Crippen LogP contribution in [0.5, 0.6) is 0 Å². The summed E-state index contributed by atoms with van der Waals surface area (Å²) in [5.74, 6) is 0.187. The van der Waals surface area contributed by atoms with Crippen LogP contribution in [0.3, 0.4) is 0 Å². The molecule has 0 aliphatic carbocycles. The molecule has 4 heterocycles. The molecule has 51 heavy (non-hydrogen) atoms. The zero-order valence-corrected chi connectivity index (χ0v) is 31.2. The normalized spacial score (nSPS) is 20.6. The van der Waals surface area contributed by atoms with Gasteiger partial charge in [-0.3, -0.25) is 19.3 Å². The minimum Gasteiger partial charge on any atom is -0.444 e. The lowest BCUT2D eigenvalue weighted by atomic mass is 10.1. The van der Waals surface area contributed by atoms with Crippen molar-refractivity contribution in [2.45, 2.75) is 152 Å². The van der Waals surface area contributed by atoms with Gasteiger partial charge in [0, 0.05) is 50.7 Å². The fourth-order valence-electron chi connectivity index (χ4n) is 5.54. The summed E-state index contributed by atoms with van der Waals surface area (Å²) in [5.41, 5.74) is 4.68. The maximum absolute atomic E-state index is 12.0. The van der Waals surface area contributed by atoms with E-state index in [-0.39, 0.29) is 77.4 Å². The zero-order valence-electron chi connectivity index (χ0n) is 29.0. The van der Waals surface area contributed by atoms with Crippen molar-refractivity contribution in [2.24, 2.45) is 5.73 Å². The number of amides is 3. The molecule has 0 aromatic heterocycles. The fourth-order valence-corrected chi connectivity index (χ4v) is 5.67. The predicted octanol–water partition coefficient (Wildman–Crippen LogP) is 7.43. The van der Waals surface area contributed by atoms with E-state index in [0.29, 0.717) is 38.5 Å². The second-order valence-corrected chi connectivity index (χ2v) is 14.9. The summed E-state index contributed by atoms with van der Waals surface area (Å²) >= 11 is 15.0. The molecule has 304 valence electrons. The van der Waals surface area contributed by atoms with Crippen LogP contribution in [0.25, 0.3) is 0 Å². The lowest BCUT2D eigenvalue weighted by Crippen LogP contribution is -2.51. The number of hydrogen-bond donors (Lipinski definition) is 2. The molecule has 4 fully saturated rings. The molecule has 4 saturated heterocycles. The van der Waals surface area contributed by atoms with E-state index in [9.17, 15) is 24.0 Å². The molecule has 0 radical (unpaired) electrons. The lowest BCUT2D eigenvalue weighted by molar-refractivity contribution is -0.124. The highest BCUT2D eigenvalue weighted by molar-refractivity contribution is 6.67. The van der Waals surface area contributed by atoms with E-state index in [1.54, 1.807) is 9.80 Å². The maximum Gasteiger partial charge on any atom is 0.410 e. The number of nitrogens with one attached hydrogen (secondary N) is 1. The Labute approximate surface area is 325 Å². The van der Waals surface area contributed by atoms with Gasteiger partial charge in [-0.05, 0) is 105 Å². The molecular formula is C36H72Cl3N5O7. The van der Waals surface area contributed by atoms with Gasteiger partial charge in [0.2, 0.25) is 11.1 Å². The van der Waals surface area contributed by atoms with Gasteiger partial charge in [-0.25, -0.2) is 9.59 Å². The van der Waals surface area contributed by atoms with Crippen molar-refractivity contribution in [3.63, 3.8) is 0 Å². The zero-order chi connectivity index (χ0) is 35.8. The van der Waals surface area contributed by atoms with E-state index in [1.165, 1.54) is 12.8 Å². The number of likely N-dealkylation sites (tertiary alicyclic amines) is 2. The van der Waals surface area contributed by atoms with Crippen molar-refractivity contribution >= 4 is 63.9 Å². The third-order valence-corrected chi connectivity index (χ3v) is 8.48. The average molecular weight is 793 g/mol. The highest BCUT2D eigenvalue weighted by Crippen LogP contribution is 2.24. The molecule has 0 saturated carbocycles. The molecule has 3 N–H and O–H groups in total. The Balaban J connectivity index is -0.000000301. The maximum atomic E-state index is 12.0. The number of Topliss-reactive ketones (excluding diaryl/α,β-unsaturated/α-hetero) is 1. The summed E-state index contributed by atoms with van der Waals surface area (Å²) in [5, 5.41) is 2.37. The van der Waals surface area contributed by atoms with Crippen LogP contribution in [-0.4, -0.2) is 124 Å². The molecular weight excluding hydrogens is 721 g/mol. The minimum absolute atomic E-state index is 0. The Morgan fingerprint density at radius 3 is 1.67 bits per heavy atom. The molecule has 0 bridgehead atoms. The average Bonchev–Trinajstić information content (AvgIpc) is 3.75. The highest BCUT2D eigenvalue weighted by Gasteiger charge is 2.33. The van der Waals surface area contributed by atoms with Gasteiger partial charge >= 0.3 is 12.2 Å². The first-order chi connectivity index (χ1) is 21.9. The minimum atomic E-state index is -0.508. The number of nitrogens with two attached hydrogens (primary N) is 1. The molecule has 4 aliphatic heterocycles. The number of nitrogens with zero attached hydrogens (tertiary/aromatic N) is 3. The van der Waals surface area contributed by atoms with E-state index in [2.05, 4.69) is 10.2 Å². The number of hydrogen-bond acceptors (Lipinski definition) is 9. The molecule has 3 atom stereocenters. The van der Waals surface area contributed by atoms with Gasteiger partial charge in [0.1, 0.15) is 17.0 Å². The van der Waals surface area contributed by atoms with Crippen LogP contribution in [0.15, 0.2) is 0 Å². The number of piperazine rings is 1. The quantitative estimate of drug-likeness (QED) is 0.207. The summed E-state index contributed by atoms with van der Waals surface area (Å²) < 4.78 is 10.6. The molecule has 0 spiro atoms. The van der Waals surface area contributed by atoms with Crippen LogP contribution in [0.1, 0.15) is 123 Å². The monoisotopic (exact) mass is 791 g/mol. The SMILES string of the molecule is C.C.C.C.CC(C)(C)OC(=O)N1CCC[C@@H]1CCC(=O)CCl.CC(C)(C)OC(=O)N1CCC[C@@H]1CN.O=C(Cl)CCl.O=C1CN2CCC[C@@H]2CN1. The largest absolute Gasteiger partial charge is 0.444 e. The number of carbonyl (C=O) groups is 5. The van der Waals surface area contributed by atoms with E-state index < -0.39 is 16.4 Å². The summed E-state index contributed by atoms with van der Waals surface area (Å²) in [6, 6.07) is 0.939. The van der Waals surface area contributed by atoms with E-state index >= 15 is 0 Å². The molecule has 4 rings (SSSR count). The van der Waals surface area contributed by atoms with Crippen molar-refractivity contribution in [1.82, 2.24) is 20.0 Å². The van der Waals surface area contributed by atoms with Gasteiger partial charge in [0.05, 0.1) is 18.3 Å². The number of alkyl halides is 2. The number of ether oxygens (including phenoxy) is 2. The molecule has 12 nitrogen and oxygen atoms in total. The third-order valence-electron chi connectivity index (χ3n) is 7.67. The van der Waals surface area contributed by atoms with Crippen molar-refractivity contribution in [2.75, 3.05) is 51.0 Å². The van der Waals surface area contributed by atoms with Gasteiger partial charge in [-0.1, -0.05) is 29.7 Å². The predicted molar refractivity (Wildman–Crippen MR) is 212 cm³/mol. The van der Waals surface area contributed by atoms with E-state index in [1.807, 2.05) is 41.5 Å². The fraction of sp³-hybridized carbons (Fsp3) is 0.861. The van der Waals surface area contributed by atoms with Crippen LogP contribution in [0, 0.1) is 0 Å². The first kappa shape index (κ1) is 55.9. The number of rotatable bonds is 6. The van der Waals surface area contributed by atoms with Crippen molar-refractivity contribution in [3.05, 3.63) is 0 Å². The molecule has 15 heteroatoms. The summed E-state index contributed by atoms with van der Waals surface area (Å²) in [7, 11) is 0. The molecule has 0 aromatic carbocycles. The topological polar surface area (TPSA) is 152 Å². The Bertz CT molecular complexity index is 1020. The number of ketones is 1. The molecule has 4 aliphatic rings. The Morgan fingerprint density at radius 1 is 0.784 bits per heavy atom. The summed E-state index contributed by atoms with van der Waals surface area (Å²) in [4.78, 5) is 60.9. The van der Waals surface area contributed by atoms with E-state index in [0.717, 1.165) is 45.3 Å². The first-order valence-corrected chi connectivity index (χ1v) is 17.9. The second-order valence-electron chi connectivity index (χ2n) is 13.9. The lowest BCUT2D eigenvalue weighted by Gasteiger charge is -2.28. The number of fused-ring (bicyclic) bond motifs is 1. The van der Waals surface area contributed by atoms with Gasteiger partial charge in [-0.15, -0.1) is 23.2 Å². The number of carbonyl (C=O) groups excluding carboxylic acids is 5. The number of halogens is 3. The van der Waals surface area contributed by atoms with Gasteiger partial charge in [-0.2, -0.15) is 0 Å². The smallest absolute Gasteiger partial charge is 0.410 e. The van der Waals surface area contributed by atoms with Crippen LogP contribution < -0.4 is 11.1 Å². The summed E-state index contributed by atoms with van der Waals surface area (Å²) in [6.07, 6.45) is 7.08. The van der Waals surface area contributed by atoms with Crippen molar-refractivity contribution < 1.29 is 33.4 Å². The van der Waals surface area contributed by atoms with E-state index in [4.69, 9.17) is 50.0 Å². The van der Waals surface area contributed by atoms with Crippen molar-refractivity contribution in [3.8, 4) is 0 Å². The van der Waals surface area contributed by atoms with Crippen LogP contribution in [0.4, 0.5) is 9.59 Å². The van der Waals surface area contributed by atoms with Gasteiger partial charge < -0.3 is 30.3 Å². The van der Waals surface area contributed by atoms with Crippen LogP contribution in [0.2, 0.25) is 0 Å². The van der Waals surface area contributed by atoms with Gasteiger partial charge in [0.25, 0.3) is 0 Å². The highest BCUT2D eigenvalue weighted by atomic mass is 35.5.